The van der Waals surface area contributed by atoms with E-state index in [2.05, 4.69) is 16.6 Å². The van der Waals surface area contributed by atoms with Gasteiger partial charge in [-0.2, -0.15) is 0 Å². The molecule has 0 spiro atoms. The zero-order valence-corrected chi connectivity index (χ0v) is 12.3. The van der Waals surface area contributed by atoms with Crippen molar-refractivity contribution in [2.75, 3.05) is 11.9 Å². The highest BCUT2D eigenvalue weighted by atomic mass is 19.1. The third-order valence-electron chi connectivity index (χ3n) is 2.98. The van der Waals surface area contributed by atoms with Crippen molar-refractivity contribution in [3.8, 4) is 18.1 Å². The number of phenolic OH excluding ortho intramolecular Hbond substituents is 1. The van der Waals surface area contributed by atoms with Crippen molar-refractivity contribution in [2.24, 2.45) is 0 Å². The van der Waals surface area contributed by atoms with Gasteiger partial charge in [0.2, 0.25) is 0 Å². The Kier molecular flexibility index (Phi) is 5.12. The minimum absolute atomic E-state index is 0.00188. The van der Waals surface area contributed by atoms with Crippen LogP contribution in [-0.2, 0) is 0 Å². The molecule has 0 aliphatic carbocycles. The predicted molar refractivity (Wildman–Crippen MR) is 83.6 cm³/mol. The van der Waals surface area contributed by atoms with Crippen molar-refractivity contribution < 1.29 is 23.5 Å². The first-order chi connectivity index (χ1) is 11.4. The van der Waals surface area contributed by atoms with Crippen LogP contribution in [0.2, 0.25) is 0 Å². The monoisotopic (exact) mass is 330 g/mol. The molecule has 2 aromatic rings. The quantitative estimate of drug-likeness (QED) is 0.753. The molecule has 0 aliphatic heterocycles. The van der Waals surface area contributed by atoms with Crippen LogP contribution in [0.1, 0.15) is 20.7 Å². The molecule has 0 unspecified atom stereocenters. The number of terminal acetylenes is 1. The molecule has 0 radical (unpaired) electrons. The van der Waals surface area contributed by atoms with Crippen LogP contribution >= 0.6 is 0 Å². The van der Waals surface area contributed by atoms with Gasteiger partial charge in [-0.25, -0.2) is 8.78 Å². The summed E-state index contributed by atoms with van der Waals surface area (Å²) in [6.07, 6.45) is 5.02. The van der Waals surface area contributed by atoms with Gasteiger partial charge in [0, 0.05) is 23.4 Å². The normalized spacial score (nSPS) is 9.88. The number of phenols is 1. The van der Waals surface area contributed by atoms with Gasteiger partial charge in [-0.05, 0) is 24.3 Å². The average Bonchev–Trinajstić information content (AvgIpc) is 2.51. The number of benzene rings is 2. The fourth-order valence-corrected chi connectivity index (χ4v) is 1.92. The molecule has 0 aliphatic rings. The molecule has 0 fully saturated rings. The van der Waals surface area contributed by atoms with Gasteiger partial charge >= 0.3 is 0 Å². The minimum atomic E-state index is -0.886. The molecule has 24 heavy (non-hydrogen) atoms. The van der Waals surface area contributed by atoms with Gasteiger partial charge in [-0.3, -0.25) is 9.59 Å². The largest absolute Gasteiger partial charge is 0.507 e. The Balaban J connectivity index is 2.16. The Hall–Kier alpha value is -3.40. The third-order valence-corrected chi connectivity index (χ3v) is 2.98. The lowest BCUT2D eigenvalue weighted by molar-refractivity contribution is 0.0955. The first-order valence-corrected chi connectivity index (χ1v) is 6.73. The summed E-state index contributed by atoms with van der Waals surface area (Å²) in [6, 6.07) is 6.17. The maximum Gasteiger partial charge on any atom is 0.255 e. The van der Waals surface area contributed by atoms with Crippen molar-refractivity contribution in [1.29, 1.82) is 0 Å². The highest BCUT2D eigenvalue weighted by molar-refractivity contribution is 6.05. The smallest absolute Gasteiger partial charge is 0.255 e. The highest BCUT2D eigenvalue weighted by Gasteiger charge is 2.13. The van der Waals surface area contributed by atoms with E-state index >= 15 is 0 Å². The molecular weight excluding hydrogens is 318 g/mol. The van der Waals surface area contributed by atoms with Crippen LogP contribution < -0.4 is 10.6 Å². The summed E-state index contributed by atoms with van der Waals surface area (Å²) in [7, 11) is 0. The summed E-state index contributed by atoms with van der Waals surface area (Å²) in [5, 5.41) is 14.6. The van der Waals surface area contributed by atoms with Crippen LogP contribution in [0.4, 0.5) is 14.5 Å². The van der Waals surface area contributed by atoms with E-state index in [1.165, 1.54) is 12.1 Å². The number of carbonyl (C=O) groups is 2. The molecule has 2 amide bonds. The highest BCUT2D eigenvalue weighted by Crippen LogP contribution is 2.22. The molecule has 122 valence electrons. The Morgan fingerprint density at radius 1 is 1.08 bits per heavy atom. The summed E-state index contributed by atoms with van der Waals surface area (Å²) < 4.78 is 26.2. The van der Waals surface area contributed by atoms with E-state index in [1.807, 2.05) is 0 Å². The van der Waals surface area contributed by atoms with Crippen LogP contribution in [0.15, 0.2) is 36.4 Å². The summed E-state index contributed by atoms with van der Waals surface area (Å²) in [6.45, 7) is 0.00188. The molecule has 2 aromatic carbocycles. The SMILES string of the molecule is C#CCNC(=O)c1ccc(NC(=O)c2cc(F)cc(F)c2)cc1O. The average molecular weight is 330 g/mol. The minimum Gasteiger partial charge on any atom is -0.507 e. The number of amides is 2. The van der Waals surface area contributed by atoms with Gasteiger partial charge in [0.25, 0.3) is 11.8 Å². The topological polar surface area (TPSA) is 78.4 Å². The molecule has 0 heterocycles. The molecule has 0 saturated carbocycles. The number of hydrogen-bond acceptors (Lipinski definition) is 3. The molecule has 0 aromatic heterocycles. The van der Waals surface area contributed by atoms with E-state index < -0.39 is 23.4 Å². The summed E-state index contributed by atoms with van der Waals surface area (Å²) in [4.78, 5) is 23.7. The molecule has 2 rings (SSSR count). The molecule has 0 saturated heterocycles. The Labute approximate surface area is 136 Å². The zero-order valence-electron chi connectivity index (χ0n) is 12.3. The fraction of sp³-hybridized carbons (Fsp3) is 0.0588. The van der Waals surface area contributed by atoms with Gasteiger partial charge in [-0.15, -0.1) is 6.42 Å². The first kappa shape index (κ1) is 17.0. The number of nitrogens with one attached hydrogen (secondary N) is 2. The summed E-state index contributed by atoms with van der Waals surface area (Å²) in [5.41, 5.74) is -0.0986. The second kappa shape index (κ2) is 7.24. The molecular formula is C17H12F2N2O3. The van der Waals surface area contributed by atoms with E-state index in [4.69, 9.17) is 6.42 Å². The van der Waals surface area contributed by atoms with Gasteiger partial charge < -0.3 is 15.7 Å². The number of hydrogen-bond donors (Lipinski definition) is 3. The standard InChI is InChI=1S/C17H12F2N2O3/c1-2-5-20-17(24)14-4-3-13(9-15(14)22)21-16(23)10-6-11(18)8-12(19)7-10/h1,3-4,6-9,22H,5H2,(H,20,24)(H,21,23). The lowest BCUT2D eigenvalue weighted by atomic mass is 10.1. The van der Waals surface area contributed by atoms with E-state index in [9.17, 15) is 23.5 Å². The maximum absolute atomic E-state index is 13.1. The maximum atomic E-state index is 13.1. The number of aromatic hydroxyl groups is 1. The Morgan fingerprint density at radius 2 is 1.75 bits per heavy atom. The van der Waals surface area contributed by atoms with Crippen LogP contribution in [0.5, 0.6) is 5.75 Å². The number of anilines is 1. The second-order valence-corrected chi connectivity index (χ2v) is 4.73. The van der Waals surface area contributed by atoms with Gasteiger partial charge in [0.05, 0.1) is 12.1 Å². The summed E-state index contributed by atoms with van der Waals surface area (Å²) >= 11 is 0. The van der Waals surface area contributed by atoms with Crippen molar-refractivity contribution in [3.63, 3.8) is 0 Å². The molecule has 0 atom stereocenters. The zero-order chi connectivity index (χ0) is 17.7. The van der Waals surface area contributed by atoms with E-state index in [0.717, 1.165) is 18.2 Å². The van der Waals surface area contributed by atoms with Gasteiger partial charge in [0.15, 0.2) is 0 Å². The van der Waals surface area contributed by atoms with Crippen molar-refractivity contribution >= 4 is 17.5 Å². The molecule has 7 heteroatoms. The second-order valence-electron chi connectivity index (χ2n) is 4.73. The lowest BCUT2D eigenvalue weighted by Crippen LogP contribution is -2.23. The van der Waals surface area contributed by atoms with Crippen molar-refractivity contribution in [2.45, 2.75) is 0 Å². The molecule has 0 bridgehead atoms. The van der Waals surface area contributed by atoms with Crippen LogP contribution in [0.3, 0.4) is 0 Å². The van der Waals surface area contributed by atoms with E-state index in [0.29, 0.717) is 6.07 Å². The molecule has 3 N–H and O–H groups in total. The van der Waals surface area contributed by atoms with Crippen LogP contribution in [-0.4, -0.2) is 23.5 Å². The number of rotatable bonds is 4. The Bertz CT molecular complexity index is 824. The third kappa shape index (κ3) is 4.08. The van der Waals surface area contributed by atoms with E-state index in [-0.39, 0.29) is 29.1 Å². The van der Waals surface area contributed by atoms with E-state index in [1.54, 1.807) is 0 Å². The predicted octanol–water partition coefficient (Wildman–Crippen LogP) is 2.29. The van der Waals surface area contributed by atoms with Crippen LogP contribution in [0.25, 0.3) is 0 Å². The lowest BCUT2D eigenvalue weighted by Gasteiger charge is -2.09. The fourth-order valence-electron chi connectivity index (χ4n) is 1.92. The Morgan fingerprint density at radius 3 is 2.33 bits per heavy atom. The van der Waals surface area contributed by atoms with Gasteiger partial charge in [-0.1, -0.05) is 5.92 Å². The van der Waals surface area contributed by atoms with Crippen molar-refractivity contribution in [3.05, 3.63) is 59.2 Å². The van der Waals surface area contributed by atoms with Crippen molar-refractivity contribution in [1.82, 2.24) is 5.32 Å². The first-order valence-electron chi connectivity index (χ1n) is 6.73. The number of carbonyl (C=O) groups excluding carboxylic acids is 2. The summed E-state index contributed by atoms with van der Waals surface area (Å²) in [5.74, 6) is -1.27. The molecule has 5 nitrogen and oxygen atoms in total. The van der Waals surface area contributed by atoms with Gasteiger partial charge in [0.1, 0.15) is 17.4 Å². The van der Waals surface area contributed by atoms with Crippen LogP contribution in [0, 0.1) is 24.0 Å². The number of halogens is 2.